The normalized spacial score (nSPS) is 12.9. The zero-order valence-electron chi connectivity index (χ0n) is 10.5. The van der Waals surface area contributed by atoms with Gasteiger partial charge >= 0.3 is 0 Å². The van der Waals surface area contributed by atoms with Crippen LogP contribution in [0.1, 0.15) is 22.7 Å². The third-order valence-electron chi connectivity index (χ3n) is 3.08. The third-order valence-corrected chi connectivity index (χ3v) is 5.61. The molecule has 0 radical (unpaired) electrons. The Hall–Kier alpha value is -0.870. The van der Waals surface area contributed by atoms with Crippen LogP contribution in [0, 0.1) is 0 Å². The van der Waals surface area contributed by atoms with Crippen molar-refractivity contribution < 1.29 is 0 Å². The SMILES string of the molecule is CC(NCc1ccc(Cl)s1)c1cc2ccccc2s1. The maximum atomic E-state index is 5.94. The van der Waals surface area contributed by atoms with Gasteiger partial charge in [-0.2, -0.15) is 0 Å². The van der Waals surface area contributed by atoms with Crippen molar-refractivity contribution in [3.8, 4) is 0 Å². The van der Waals surface area contributed by atoms with Gasteiger partial charge in [0.15, 0.2) is 0 Å². The van der Waals surface area contributed by atoms with Crippen LogP contribution in [0.25, 0.3) is 10.1 Å². The predicted molar refractivity (Wildman–Crippen MR) is 86.4 cm³/mol. The second kappa shape index (κ2) is 5.63. The summed E-state index contributed by atoms with van der Waals surface area (Å²) in [5.41, 5.74) is 0. The van der Waals surface area contributed by atoms with Gasteiger partial charge in [0.2, 0.25) is 0 Å². The van der Waals surface area contributed by atoms with Gasteiger partial charge in [0.1, 0.15) is 0 Å². The standard InChI is InChI=1S/C15H14ClNS2/c1-10(17-9-12-6-7-15(16)18-12)14-8-11-4-2-3-5-13(11)19-14/h2-8,10,17H,9H2,1H3. The molecule has 0 aliphatic carbocycles. The van der Waals surface area contributed by atoms with Crippen molar-refractivity contribution in [1.82, 2.24) is 5.32 Å². The molecule has 0 aliphatic heterocycles. The van der Waals surface area contributed by atoms with Crippen LogP contribution in [0.2, 0.25) is 4.34 Å². The van der Waals surface area contributed by atoms with E-state index in [1.165, 1.54) is 19.8 Å². The maximum absolute atomic E-state index is 5.94. The van der Waals surface area contributed by atoms with Gasteiger partial charge in [-0.3, -0.25) is 0 Å². The summed E-state index contributed by atoms with van der Waals surface area (Å²) < 4.78 is 2.21. The van der Waals surface area contributed by atoms with Crippen LogP contribution in [0.5, 0.6) is 0 Å². The van der Waals surface area contributed by atoms with Crippen molar-refractivity contribution >= 4 is 44.4 Å². The smallest absolute Gasteiger partial charge is 0.0931 e. The largest absolute Gasteiger partial charge is 0.305 e. The molecule has 3 rings (SSSR count). The van der Waals surface area contributed by atoms with Gasteiger partial charge in [0, 0.05) is 27.0 Å². The van der Waals surface area contributed by atoms with Crippen molar-refractivity contribution in [2.24, 2.45) is 0 Å². The fourth-order valence-corrected chi connectivity index (χ4v) is 4.15. The van der Waals surface area contributed by atoms with Gasteiger partial charge in [-0.1, -0.05) is 29.8 Å². The minimum absolute atomic E-state index is 0.360. The average molecular weight is 308 g/mol. The minimum Gasteiger partial charge on any atom is -0.305 e. The van der Waals surface area contributed by atoms with Gasteiger partial charge < -0.3 is 5.32 Å². The Balaban J connectivity index is 1.71. The fourth-order valence-electron chi connectivity index (χ4n) is 2.02. The molecule has 0 saturated heterocycles. The molecule has 98 valence electrons. The van der Waals surface area contributed by atoms with Gasteiger partial charge in [-0.25, -0.2) is 0 Å². The second-order valence-corrected chi connectivity index (χ2v) is 7.41. The fraction of sp³-hybridized carbons (Fsp3) is 0.200. The van der Waals surface area contributed by atoms with E-state index in [0.717, 1.165) is 10.9 Å². The van der Waals surface area contributed by atoms with E-state index < -0.39 is 0 Å². The van der Waals surface area contributed by atoms with Crippen molar-refractivity contribution in [3.63, 3.8) is 0 Å². The number of halogens is 1. The van der Waals surface area contributed by atoms with Crippen LogP contribution in [0.15, 0.2) is 42.5 Å². The van der Waals surface area contributed by atoms with E-state index in [1.54, 1.807) is 11.3 Å². The number of nitrogens with one attached hydrogen (secondary N) is 1. The van der Waals surface area contributed by atoms with Gasteiger partial charge in [0.05, 0.1) is 4.34 Å². The van der Waals surface area contributed by atoms with Crippen molar-refractivity contribution in [3.05, 3.63) is 56.6 Å². The first-order valence-electron chi connectivity index (χ1n) is 6.18. The molecular formula is C15H14ClNS2. The molecule has 1 N–H and O–H groups in total. The summed E-state index contributed by atoms with van der Waals surface area (Å²) in [6.45, 7) is 3.08. The van der Waals surface area contributed by atoms with Crippen molar-refractivity contribution in [2.45, 2.75) is 19.5 Å². The lowest BCUT2D eigenvalue weighted by Gasteiger charge is -2.10. The molecular weight excluding hydrogens is 294 g/mol. The Morgan fingerprint density at radius 2 is 2.00 bits per heavy atom. The van der Waals surface area contributed by atoms with E-state index in [-0.39, 0.29) is 0 Å². The molecule has 1 nitrogen and oxygen atoms in total. The third kappa shape index (κ3) is 3.00. The number of thiophene rings is 2. The lowest BCUT2D eigenvalue weighted by atomic mass is 10.2. The summed E-state index contributed by atoms with van der Waals surface area (Å²) in [6, 6.07) is 15.2. The van der Waals surface area contributed by atoms with Crippen LogP contribution < -0.4 is 5.32 Å². The maximum Gasteiger partial charge on any atom is 0.0931 e. The van der Waals surface area contributed by atoms with Crippen molar-refractivity contribution in [1.29, 1.82) is 0 Å². The molecule has 0 bridgehead atoms. The van der Waals surface area contributed by atoms with E-state index in [0.29, 0.717) is 6.04 Å². The van der Waals surface area contributed by atoms with Crippen LogP contribution in [0.4, 0.5) is 0 Å². The van der Waals surface area contributed by atoms with E-state index in [1.807, 2.05) is 17.4 Å². The number of hydrogen-bond donors (Lipinski definition) is 1. The molecule has 0 aliphatic rings. The van der Waals surface area contributed by atoms with E-state index in [2.05, 4.69) is 48.6 Å². The van der Waals surface area contributed by atoms with Gasteiger partial charge in [0.25, 0.3) is 0 Å². The number of fused-ring (bicyclic) bond motifs is 1. The minimum atomic E-state index is 0.360. The molecule has 1 unspecified atom stereocenters. The monoisotopic (exact) mass is 307 g/mol. The van der Waals surface area contributed by atoms with Gasteiger partial charge in [-0.15, -0.1) is 22.7 Å². The molecule has 0 amide bonds. The average Bonchev–Trinajstić information content (AvgIpc) is 3.01. The Bertz CT molecular complexity index is 653. The van der Waals surface area contributed by atoms with Crippen LogP contribution in [-0.4, -0.2) is 0 Å². The Morgan fingerprint density at radius 1 is 1.16 bits per heavy atom. The van der Waals surface area contributed by atoms with Crippen molar-refractivity contribution in [2.75, 3.05) is 0 Å². The van der Waals surface area contributed by atoms with E-state index in [9.17, 15) is 0 Å². The first-order chi connectivity index (χ1) is 9.22. The van der Waals surface area contributed by atoms with Crippen LogP contribution in [0.3, 0.4) is 0 Å². The number of rotatable bonds is 4. The zero-order chi connectivity index (χ0) is 13.2. The lowest BCUT2D eigenvalue weighted by molar-refractivity contribution is 0.587. The Labute approximate surface area is 125 Å². The first-order valence-corrected chi connectivity index (χ1v) is 8.19. The zero-order valence-corrected chi connectivity index (χ0v) is 12.9. The highest BCUT2D eigenvalue weighted by Gasteiger charge is 2.09. The highest BCUT2D eigenvalue weighted by Crippen LogP contribution is 2.30. The van der Waals surface area contributed by atoms with E-state index in [4.69, 9.17) is 11.6 Å². The first kappa shape index (κ1) is 13.1. The van der Waals surface area contributed by atoms with E-state index >= 15 is 0 Å². The molecule has 2 heterocycles. The Morgan fingerprint density at radius 3 is 2.74 bits per heavy atom. The quantitative estimate of drug-likeness (QED) is 0.674. The summed E-state index contributed by atoms with van der Waals surface area (Å²) in [5.74, 6) is 0. The second-order valence-electron chi connectivity index (χ2n) is 4.50. The highest BCUT2D eigenvalue weighted by atomic mass is 35.5. The molecule has 0 spiro atoms. The number of hydrogen-bond acceptors (Lipinski definition) is 3. The van der Waals surface area contributed by atoms with Gasteiger partial charge in [-0.05, 0) is 36.6 Å². The topological polar surface area (TPSA) is 12.0 Å². The molecule has 4 heteroatoms. The lowest BCUT2D eigenvalue weighted by Crippen LogP contribution is -2.16. The van der Waals surface area contributed by atoms with Crippen LogP contribution >= 0.6 is 34.3 Å². The summed E-state index contributed by atoms with van der Waals surface area (Å²) in [6.07, 6.45) is 0. The number of benzene rings is 1. The molecule has 1 atom stereocenters. The molecule has 2 aromatic heterocycles. The predicted octanol–water partition coefficient (Wildman–Crippen LogP) is 5.47. The molecule has 0 fully saturated rings. The summed E-state index contributed by atoms with van der Waals surface area (Å²) in [7, 11) is 0. The molecule has 0 saturated carbocycles. The highest BCUT2D eigenvalue weighted by molar-refractivity contribution is 7.19. The summed E-state index contributed by atoms with van der Waals surface area (Å²) in [4.78, 5) is 2.65. The van der Waals surface area contributed by atoms with Crippen LogP contribution in [-0.2, 0) is 6.54 Å². The molecule has 19 heavy (non-hydrogen) atoms. The molecule has 1 aromatic carbocycles. The summed E-state index contributed by atoms with van der Waals surface area (Å²) in [5, 5.41) is 4.88. The Kier molecular flexibility index (Phi) is 3.89. The molecule has 3 aromatic rings. The summed E-state index contributed by atoms with van der Waals surface area (Å²) >= 11 is 9.44.